The third-order valence-corrected chi connectivity index (χ3v) is 3.44. The lowest BCUT2D eigenvalue weighted by molar-refractivity contribution is 0.738. The minimum Gasteiger partial charge on any atom is -0.333 e. The summed E-state index contributed by atoms with van der Waals surface area (Å²) in [4.78, 5) is 0. The first-order chi connectivity index (χ1) is 8.90. The van der Waals surface area contributed by atoms with Gasteiger partial charge in [0, 0.05) is 29.2 Å². The van der Waals surface area contributed by atoms with Crippen molar-refractivity contribution in [3.63, 3.8) is 0 Å². The van der Waals surface area contributed by atoms with Crippen molar-refractivity contribution in [3.05, 3.63) is 42.1 Å². The molecule has 1 aliphatic rings. The Balaban J connectivity index is 2.17. The minimum atomic E-state index is 0.409. The molecule has 3 heteroatoms. The monoisotopic (exact) mass is 237 g/mol. The summed E-state index contributed by atoms with van der Waals surface area (Å²) < 4.78 is 2.04. The number of aromatic nitrogens is 1. The predicted octanol–water partition coefficient (Wildman–Crippen LogP) is 2.54. The minimum absolute atomic E-state index is 0.409. The lowest BCUT2D eigenvalue weighted by Gasteiger charge is -2.13. The fourth-order valence-electron chi connectivity index (χ4n) is 2.58. The summed E-state index contributed by atoms with van der Waals surface area (Å²) in [6.07, 6.45) is 5.42. The van der Waals surface area contributed by atoms with Crippen LogP contribution in [0, 0.1) is 11.3 Å². The molecule has 0 unspecified atom stereocenters. The highest BCUT2D eigenvalue weighted by molar-refractivity contribution is 5.93. The zero-order valence-corrected chi connectivity index (χ0v) is 10.2. The fraction of sp³-hybridized carbons (Fsp3) is 0.267. The molecule has 0 fully saturated rings. The number of fused-ring (bicyclic) bond motifs is 1. The van der Waals surface area contributed by atoms with Crippen LogP contribution in [-0.2, 0) is 6.54 Å². The first kappa shape index (κ1) is 11.1. The molecule has 0 saturated carbocycles. The molecule has 18 heavy (non-hydrogen) atoms. The van der Waals surface area contributed by atoms with Crippen molar-refractivity contribution in [2.45, 2.75) is 13.0 Å². The Bertz CT molecular complexity index is 643. The second kappa shape index (κ2) is 4.67. The summed E-state index contributed by atoms with van der Waals surface area (Å²) in [6, 6.07) is 10.5. The number of para-hydroxylation sites is 1. The second-order valence-corrected chi connectivity index (χ2v) is 4.53. The molecule has 2 aromatic rings. The average molecular weight is 237 g/mol. The molecule has 0 atom stereocenters. The van der Waals surface area contributed by atoms with Gasteiger partial charge in [0.2, 0.25) is 0 Å². The molecule has 0 radical (unpaired) electrons. The Hall–Kier alpha value is -2.05. The van der Waals surface area contributed by atoms with Crippen molar-refractivity contribution in [1.82, 2.24) is 9.88 Å². The first-order valence-corrected chi connectivity index (χ1v) is 6.25. The number of nitrogens with zero attached hydrogens (tertiary/aromatic N) is 2. The van der Waals surface area contributed by atoms with Gasteiger partial charge in [0.1, 0.15) is 6.54 Å². The third-order valence-electron chi connectivity index (χ3n) is 3.44. The summed E-state index contributed by atoms with van der Waals surface area (Å²) in [7, 11) is 0. The van der Waals surface area contributed by atoms with Gasteiger partial charge < -0.3 is 9.88 Å². The number of hydrogen-bond donors (Lipinski definition) is 1. The van der Waals surface area contributed by atoms with Crippen molar-refractivity contribution in [2.24, 2.45) is 0 Å². The highest BCUT2D eigenvalue weighted by Gasteiger charge is 2.13. The van der Waals surface area contributed by atoms with E-state index in [1.54, 1.807) is 0 Å². The van der Waals surface area contributed by atoms with E-state index in [-0.39, 0.29) is 0 Å². The maximum atomic E-state index is 8.90. The van der Waals surface area contributed by atoms with Crippen LogP contribution in [0.4, 0.5) is 0 Å². The highest BCUT2D eigenvalue weighted by Crippen LogP contribution is 2.29. The predicted molar refractivity (Wildman–Crippen MR) is 73.0 cm³/mol. The molecular weight excluding hydrogens is 222 g/mol. The van der Waals surface area contributed by atoms with Crippen LogP contribution >= 0.6 is 0 Å². The Labute approximate surface area is 106 Å². The Kier molecular flexibility index (Phi) is 2.87. The average Bonchev–Trinajstić information content (AvgIpc) is 2.80. The number of hydrogen-bond acceptors (Lipinski definition) is 2. The van der Waals surface area contributed by atoms with Crippen molar-refractivity contribution >= 4 is 16.5 Å². The third kappa shape index (κ3) is 1.81. The quantitative estimate of drug-likeness (QED) is 0.872. The Morgan fingerprint density at radius 3 is 3.00 bits per heavy atom. The molecule has 0 saturated heterocycles. The molecule has 0 spiro atoms. The van der Waals surface area contributed by atoms with E-state index >= 15 is 0 Å². The summed E-state index contributed by atoms with van der Waals surface area (Å²) >= 11 is 0. The molecule has 1 aromatic heterocycles. The lowest BCUT2D eigenvalue weighted by Crippen LogP contribution is -2.19. The van der Waals surface area contributed by atoms with Gasteiger partial charge in [-0.25, -0.2) is 0 Å². The standard InChI is InChI=1S/C15H15N3/c16-7-10-18-11-14(12-5-8-17-9-6-12)13-3-1-2-4-15(13)18/h1-5,11,17H,6,8-10H2. The molecular formula is C15H15N3. The van der Waals surface area contributed by atoms with Gasteiger partial charge in [-0.3, -0.25) is 0 Å². The molecule has 2 heterocycles. The topological polar surface area (TPSA) is 40.8 Å². The largest absolute Gasteiger partial charge is 0.333 e. The van der Waals surface area contributed by atoms with Gasteiger partial charge in [-0.05, 0) is 24.6 Å². The maximum Gasteiger partial charge on any atom is 0.110 e. The number of nitrogens with one attached hydrogen (secondary N) is 1. The summed E-state index contributed by atoms with van der Waals surface area (Å²) in [5.41, 5.74) is 3.82. The Morgan fingerprint density at radius 2 is 2.22 bits per heavy atom. The van der Waals surface area contributed by atoms with E-state index in [0.29, 0.717) is 6.54 Å². The number of nitriles is 1. The maximum absolute atomic E-state index is 8.90. The van der Waals surface area contributed by atoms with E-state index in [9.17, 15) is 0 Å². The fourth-order valence-corrected chi connectivity index (χ4v) is 2.58. The first-order valence-electron chi connectivity index (χ1n) is 6.25. The van der Waals surface area contributed by atoms with E-state index in [4.69, 9.17) is 5.26 Å². The second-order valence-electron chi connectivity index (χ2n) is 4.53. The van der Waals surface area contributed by atoms with Crippen LogP contribution < -0.4 is 5.32 Å². The van der Waals surface area contributed by atoms with Crippen LogP contribution in [0.3, 0.4) is 0 Å². The van der Waals surface area contributed by atoms with E-state index in [1.807, 2.05) is 10.6 Å². The van der Waals surface area contributed by atoms with Crippen molar-refractivity contribution < 1.29 is 0 Å². The van der Waals surface area contributed by atoms with E-state index in [2.05, 4.69) is 41.9 Å². The van der Waals surface area contributed by atoms with Crippen LogP contribution in [0.1, 0.15) is 12.0 Å². The van der Waals surface area contributed by atoms with Crippen LogP contribution in [-0.4, -0.2) is 17.7 Å². The molecule has 1 aliphatic heterocycles. The molecule has 1 aromatic carbocycles. The molecule has 90 valence electrons. The van der Waals surface area contributed by atoms with Gasteiger partial charge in [0.15, 0.2) is 0 Å². The van der Waals surface area contributed by atoms with Crippen molar-refractivity contribution in [2.75, 3.05) is 13.1 Å². The summed E-state index contributed by atoms with van der Waals surface area (Å²) in [5.74, 6) is 0. The SMILES string of the molecule is N#CCn1cc(C2=CCNCC2)c2ccccc21. The lowest BCUT2D eigenvalue weighted by atomic mass is 10.00. The van der Waals surface area contributed by atoms with Crippen LogP contribution in [0.15, 0.2) is 36.5 Å². The Morgan fingerprint density at radius 1 is 1.33 bits per heavy atom. The zero-order valence-electron chi connectivity index (χ0n) is 10.2. The normalized spacial score (nSPS) is 15.4. The smallest absolute Gasteiger partial charge is 0.110 e. The van der Waals surface area contributed by atoms with Crippen molar-refractivity contribution in [3.8, 4) is 6.07 Å². The van der Waals surface area contributed by atoms with Crippen LogP contribution in [0.2, 0.25) is 0 Å². The van der Waals surface area contributed by atoms with Crippen LogP contribution in [0.25, 0.3) is 16.5 Å². The molecule has 0 aliphatic carbocycles. The van der Waals surface area contributed by atoms with E-state index in [0.717, 1.165) is 25.0 Å². The van der Waals surface area contributed by atoms with Gasteiger partial charge in [0.25, 0.3) is 0 Å². The van der Waals surface area contributed by atoms with Crippen molar-refractivity contribution in [1.29, 1.82) is 5.26 Å². The van der Waals surface area contributed by atoms with Crippen LogP contribution in [0.5, 0.6) is 0 Å². The van der Waals surface area contributed by atoms with Gasteiger partial charge in [-0.15, -0.1) is 0 Å². The number of benzene rings is 1. The zero-order chi connectivity index (χ0) is 12.4. The van der Waals surface area contributed by atoms with Gasteiger partial charge in [0.05, 0.1) is 6.07 Å². The number of rotatable bonds is 2. The summed E-state index contributed by atoms with van der Waals surface area (Å²) in [6.45, 7) is 2.38. The molecule has 3 rings (SSSR count). The molecule has 0 amide bonds. The molecule has 0 bridgehead atoms. The van der Waals surface area contributed by atoms with Gasteiger partial charge in [-0.1, -0.05) is 24.3 Å². The molecule has 3 nitrogen and oxygen atoms in total. The van der Waals surface area contributed by atoms with E-state index < -0.39 is 0 Å². The van der Waals surface area contributed by atoms with E-state index in [1.165, 1.54) is 16.5 Å². The van der Waals surface area contributed by atoms with Gasteiger partial charge in [-0.2, -0.15) is 5.26 Å². The van der Waals surface area contributed by atoms with Gasteiger partial charge >= 0.3 is 0 Å². The highest BCUT2D eigenvalue weighted by atomic mass is 15.0. The molecule has 1 N–H and O–H groups in total. The summed E-state index contributed by atoms with van der Waals surface area (Å²) in [5, 5.41) is 13.5.